The molecule has 2 rings (SSSR count). The monoisotopic (exact) mass is 280 g/mol. The van der Waals surface area contributed by atoms with Crippen molar-refractivity contribution in [1.29, 1.82) is 5.26 Å². The lowest BCUT2D eigenvalue weighted by Crippen LogP contribution is -2.26. The fourth-order valence-electron chi connectivity index (χ4n) is 2.08. The van der Waals surface area contributed by atoms with E-state index in [2.05, 4.69) is 6.07 Å². The van der Waals surface area contributed by atoms with Crippen molar-refractivity contribution in [3.63, 3.8) is 0 Å². The van der Waals surface area contributed by atoms with Gasteiger partial charge in [-0.1, -0.05) is 0 Å². The Kier molecular flexibility index (Phi) is 3.93. The van der Waals surface area contributed by atoms with Crippen molar-refractivity contribution in [1.82, 2.24) is 0 Å². The minimum absolute atomic E-state index is 0.0981. The first-order valence-corrected chi connectivity index (χ1v) is 6.90. The minimum Gasteiger partial charge on any atom is -0.462 e. The fourth-order valence-corrected chi connectivity index (χ4v) is 3.18. The van der Waals surface area contributed by atoms with Gasteiger partial charge in [0.05, 0.1) is 12.3 Å². The summed E-state index contributed by atoms with van der Waals surface area (Å²) in [6.45, 7) is 3.46. The Bertz CT molecular complexity index is 535. The molecule has 6 nitrogen and oxygen atoms in total. The van der Waals surface area contributed by atoms with Gasteiger partial charge in [-0.25, -0.2) is 4.79 Å². The van der Waals surface area contributed by atoms with E-state index >= 15 is 0 Å². The first-order chi connectivity index (χ1) is 9.08. The number of nitriles is 1. The van der Waals surface area contributed by atoms with E-state index in [4.69, 9.17) is 16.2 Å². The van der Waals surface area contributed by atoms with Crippen LogP contribution < -0.4 is 16.4 Å². The average Bonchev–Trinajstić information content (AvgIpc) is 2.93. The number of nitrogen functional groups attached to an aromatic ring is 1. The van der Waals surface area contributed by atoms with E-state index in [0.717, 1.165) is 18.0 Å². The molecule has 1 atom stereocenters. The Hall–Kier alpha value is -1.78. The number of nitrogens with two attached hydrogens (primary N) is 2. The normalized spacial score (nSPS) is 18.4. The average molecular weight is 280 g/mol. The van der Waals surface area contributed by atoms with Crippen molar-refractivity contribution >= 4 is 28.0 Å². The molecule has 1 aromatic rings. The number of esters is 1. The summed E-state index contributed by atoms with van der Waals surface area (Å²) in [6.07, 6.45) is 0.872. The molecule has 7 heteroatoms. The van der Waals surface area contributed by atoms with Crippen LogP contribution in [-0.4, -0.2) is 31.7 Å². The lowest BCUT2D eigenvalue weighted by molar-refractivity contribution is 0.0533. The Morgan fingerprint density at radius 2 is 2.42 bits per heavy atom. The van der Waals surface area contributed by atoms with Crippen molar-refractivity contribution in [2.75, 3.05) is 30.3 Å². The largest absolute Gasteiger partial charge is 0.462 e. The maximum Gasteiger partial charge on any atom is 0.350 e. The lowest BCUT2D eigenvalue weighted by atomic mass is 10.2. The van der Waals surface area contributed by atoms with Gasteiger partial charge in [0, 0.05) is 19.1 Å². The van der Waals surface area contributed by atoms with Gasteiger partial charge in [-0.2, -0.15) is 5.26 Å². The molecule has 102 valence electrons. The van der Waals surface area contributed by atoms with Crippen LogP contribution in [0.15, 0.2) is 0 Å². The number of carbonyl (C=O) groups is 1. The van der Waals surface area contributed by atoms with Gasteiger partial charge < -0.3 is 21.1 Å². The van der Waals surface area contributed by atoms with Gasteiger partial charge >= 0.3 is 5.97 Å². The Balaban J connectivity index is 2.37. The first-order valence-electron chi connectivity index (χ1n) is 6.08. The maximum absolute atomic E-state index is 11.8. The summed E-state index contributed by atoms with van der Waals surface area (Å²) >= 11 is 1.21. The number of rotatable bonds is 3. The Morgan fingerprint density at radius 1 is 1.68 bits per heavy atom. The zero-order valence-electron chi connectivity index (χ0n) is 10.7. The van der Waals surface area contributed by atoms with Gasteiger partial charge in [-0.05, 0) is 13.3 Å². The molecule has 0 bridgehead atoms. The molecule has 0 spiro atoms. The van der Waals surface area contributed by atoms with Gasteiger partial charge in [0.1, 0.15) is 21.5 Å². The van der Waals surface area contributed by atoms with E-state index in [-0.39, 0.29) is 18.3 Å². The number of carbonyl (C=O) groups excluding carboxylic acids is 1. The smallest absolute Gasteiger partial charge is 0.350 e. The third-order valence-corrected chi connectivity index (χ3v) is 4.26. The third-order valence-electron chi connectivity index (χ3n) is 3.01. The molecule has 1 aliphatic rings. The highest BCUT2D eigenvalue weighted by Gasteiger charge is 2.28. The molecule has 2 heterocycles. The topological polar surface area (TPSA) is 105 Å². The quantitative estimate of drug-likeness (QED) is 0.797. The summed E-state index contributed by atoms with van der Waals surface area (Å²) in [4.78, 5) is 14.1. The van der Waals surface area contributed by atoms with Crippen LogP contribution in [0.4, 0.5) is 10.7 Å². The summed E-state index contributed by atoms with van der Waals surface area (Å²) in [6, 6.07) is 2.17. The molecule has 19 heavy (non-hydrogen) atoms. The van der Waals surface area contributed by atoms with Gasteiger partial charge in [0.15, 0.2) is 0 Å². The highest BCUT2D eigenvalue weighted by molar-refractivity contribution is 7.18. The van der Waals surface area contributed by atoms with Crippen molar-refractivity contribution in [3.05, 3.63) is 10.4 Å². The summed E-state index contributed by atoms with van der Waals surface area (Å²) in [5.74, 6) is -0.476. The summed E-state index contributed by atoms with van der Waals surface area (Å²) in [7, 11) is 0. The van der Waals surface area contributed by atoms with Crippen molar-refractivity contribution in [2.45, 2.75) is 19.4 Å². The van der Waals surface area contributed by atoms with Crippen LogP contribution >= 0.6 is 11.3 Å². The van der Waals surface area contributed by atoms with Gasteiger partial charge in [0.25, 0.3) is 0 Å². The van der Waals surface area contributed by atoms with Crippen LogP contribution in [-0.2, 0) is 4.74 Å². The molecule has 4 N–H and O–H groups in total. The Morgan fingerprint density at radius 3 is 2.95 bits per heavy atom. The second-order valence-corrected chi connectivity index (χ2v) is 5.35. The van der Waals surface area contributed by atoms with Gasteiger partial charge in [-0.3, -0.25) is 0 Å². The van der Waals surface area contributed by atoms with E-state index in [1.54, 1.807) is 6.92 Å². The first kappa shape index (κ1) is 13.6. The molecular formula is C12H16N4O2S. The molecular weight excluding hydrogens is 264 g/mol. The van der Waals surface area contributed by atoms with Gasteiger partial charge in [0.2, 0.25) is 0 Å². The van der Waals surface area contributed by atoms with E-state index in [1.807, 2.05) is 4.90 Å². The van der Waals surface area contributed by atoms with Crippen LogP contribution in [0.3, 0.4) is 0 Å². The molecule has 0 aromatic carbocycles. The number of thiophene rings is 1. The number of hydrogen-bond acceptors (Lipinski definition) is 7. The highest BCUT2D eigenvalue weighted by Crippen LogP contribution is 2.39. The standard InChI is InChI=1S/C12H16N4O2S/c1-2-18-12(17)10-9(15)8(5-13)11(19-10)16-4-3-7(14)6-16/h7H,2-4,6,14-15H2,1H3. The SMILES string of the molecule is CCOC(=O)c1sc(N2CCC(N)C2)c(C#N)c1N. The molecule has 1 unspecified atom stereocenters. The zero-order chi connectivity index (χ0) is 14.0. The van der Waals surface area contributed by atoms with Gasteiger partial charge in [-0.15, -0.1) is 11.3 Å². The molecule has 1 fully saturated rings. The van der Waals surface area contributed by atoms with E-state index in [9.17, 15) is 10.1 Å². The molecule has 0 saturated carbocycles. The molecule has 1 saturated heterocycles. The third kappa shape index (κ3) is 2.50. The van der Waals surface area contributed by atoms with Crippen molar-refractivity contribution in [3.8, 4) is 6.07 Å². The zero-order valence-corrected chi connectivity index (χ0v) is 11.5. The predicted molar refractivity (Wildman–Crippen MR) is 74.2 cm³/mol. The van der Waals surface area contributed by atoms with Crippen LogP contribution in [0.2, 0.25) is 0 Å². The van der Waals surface area contributed by atoms with E-state index in [0.29, 0.717) is 17.0 Å². The summed E-state index contributed by atoms with van der Waals surface area (Å²) in [5.41, 5.74) is 12.3. The number of ether oxygens (including phenoxy) is 1. The number of anilines is 2. The Labute approximate surface area is 115 Å². The van der Waals surface area contributed by atoms with Crippen molar-refractivity contribution in [2.24, 2.45) is 5.73 Å². The second-order valence-electron chi connectivity index (χ2n) is 4.35. The highest BCUT2D eigenvalue weighted by atomic mass is 32.1. The van der Waals surface area contributed by atoms with Crippen molar-refractivity contribution < 1.29 is 9.53 Å². The molecule has 1 aromatic heterocycles. The van der Waals surface area contributed by atoms with Crippen LogP contribution in [0.5, 0.6) is 0 Å². The van der Waals surface area contributed by atoms with E-state index in [1.165, 1.54) is 11.3 Å². The minimum atomic E-state index is -0.476. The fraction of sp³-hybridized carbons (Fsp3) is 0.500. The molecule has 0 amide bonds. The molecule has 1 aliphatic heterocycles. The predicted octanol–water partition coefficient (Wildman–Crippen LogP) is 0.916. The maximum atomic E-state index is 11.8. The summed E-state index contributed by atoms with van der Waals surface area (Å²) in [5, 5.41) is 9.94. The number of nitrogens with zero attached hydrogens (tertiary/aromatic N) is 2. The summed E-state index contributed by atoms with van der Waals surface area (Å²) < 4.78 is 4.94. The number of hydrogen-bond donors (Lipinski definition) is 2. The molecule has 0 aliphatic carbocycles. The van der Waals surface area contributed by atoms with E-state index < -0.39 is 5.97 Å². The van der Waals surface area contributed by atoms with Crippen LogP contribution in [0.25, 0.3) is 0 Å². The second kappa shape index (κ2) is 5.47. The lowest BCUT2D eigenvalue weighted by Gasteiger charge is -2.15. The van der Waals surface area contributed by atoms with Crippen LogP contribution in [0.1, 0.15) is 28.6 Å². The molecule has 0 radical (unpaired) electrons. The van der Waals surface area contributed by atoms with Crippen LogP contribution in [0, 0.1) is 11.3 Å².